The van der Waals surface area contributed by atoms with Crippen LogP contribution in [0.2, 0.25) is 0 Å². The van der Waals surface area contributed by atoms with Crippen LogP contribution >= 0.6 is 0 Å². The van der Waals surface area contributed by atoms with Gasteiger partial charge in [-0.3, -0.25) is 4.98 Å². The first-order chi connectivity index (χ1) is 9.29. The molecule has 0 aliphatic rings. The Balaban J connectivity index is 1.86. The fourth-order valence-electron chi connectivity index (χ4n) is 1.48. The van der Waals surface area contributed by atoms with Gasteiger partial charge in [-0.2, -0.15) is 4.98 Å². The van der Waals surface area contributed by atoms with Gasteiger partial charge in [-0.1, -0.05) is 5.16 Å². The number of nitrogens with one attached hydrogen (secondary N) is 2. The number of amides is 2. The summed E-state index contributed by atoms with van der Waals surface area (Å²) >= 11 is 0. The molecular formula is C12H15N5O2. The minimum atomic E-state index is -0.194. The highest BCUT2D eigenvalue weighted by Gasteiger charge is 2.08. The summed E-state index contributed by atoms with van der Waals surface area (Å²) in [4.78, 5) is 19.3. The zero-order valence-corrected chi connectivity index (χ0v) is 10.6. The van der Waals surface area contributed by atoms with Crippen molar-refractivity contribution in [1.29, 1.82) is 0 Å². The lowest BCUT2D eigenvalue weighted by molar-refractivity contribution is 0.241. The molecule has 0 saturated heterocycles. The molecule has 0 fully saturated rings. The number of rotatable bonds is 5. The zero-order valence-electron chi connectivity index (χ0n) is 10.6. The molecule has 2 rings (SSSR count). The highest BCUT2D eigenvalue weighted by molar-refractivity contribution is 5.73. The van der Waals surface area contributed by atoms with Gasteiger partial charge in [0.1, 0.15) is 0 Å². The lowest BCUT2D eigenvalue weighted by Gasteiger charge is -2.02. The van der Waals surface area contributed by atoms with Crippen molar-refractivity contribution in [3.05, 3.63) is 30.4 Å². The van der Waals surface area contributed by atoms with Gasteiger partial charge in [-0.15, -0.1) is 0 Å². The Bertz CT molecular complexity index is 526. The van der Waals surface area contributed by atoms with Crippen LogP contribution < -0.4 is 10.6 Å². The van der Waals surface area contributed by atoms with Crippen molar-refractivity contribution in [2.45, 2.75) is 13.3 Å². The standard InChI is InChI=1S/C12H15N5O2/c1-2-14-12(18)15-8-5-10-16-11(19-17-10)9-3-6-13-7-4-9/h3-4,6-7H,2,5,8H2,1H3,(H2,14,15,18). The van der Waals surface area contributed by atoms with Crippen LogP contribution in [-0.2, 0) is 6.42 Å². The second-order valence-electron chi connectivity index (χ2n) is 3.79. The van der Waals surface area contributed by atoms with Crippen molar-refractivity contribution < 1.29 is 9.32 Å². The van der Waals surface area contributed by atoms with E-state index in [0.29, 0.717) is 31.2 Å². The predicted molar refractivity (Wildman–Crippen MR) is 68.3 cm³/mol. The van der Waals surface area contributed by atoms with Crippen molar-refractivity contribution >= 4 is 6.03 Å². The van der Waals surface area contributed by atoms with E-state index in [-0.39, 0.29) is 6.03 Å². The molecule has 2 heterocycles. The van der Waals surface area contributed by atoms with Gasteiger partial charge in [0.25, 0.3) is 5.89 Å². The summed E-state index contributed by atoms with van der Waals surface area (Å²) < 4.78 is 5.14. The number of hydrogen-bond donors (Lipinski definition) is 2. The first-order valence-electron chi connectivity index (χ1n) is 6.04. The lowest BCUT2D eigenvalue weighted by atomic mass is 10.3. The molecule has 19 heavy (non-hydrogen) atoms. The van der Waals surface area contributed by atoms with Gasteiger partial charge in [0, 0.05) is 37.5 Å². The third kappa shape index (κ3) is 3.77. The topological polar surface area (TPSA) is 92.9 Å². The number of pyridine rings is 1. The maximum atomic E-state index is 11.2. The number of carbonyl (C=O) groups is 1. The van der Waals surface area contributed by atoms with Crippen LogP contribution in [0.15, 0.2) is 29.0 Å². The van der Waals surface area contributed by atoms with E-state index in [1.54, 1.807) is 24.5 Å². The Hall–Kier alpha value is -2.44. The van der Waals surface area contributed by atoms with Crippen LogP contribution in [0.3, 0.4) is 0 Å². The van der Waals surface area contributed by atoms with E-state index in [4.69, 9.17) is 4.52 Å². The molecule has 2 amide bonds. The Kier molecular flexibility index (Phi) is 4.44. The van der Waals surface area contributed by atoms with Gasteiger partial charge < -0.3 is 15.2 Å². The molecule has 100 valence electrons. The van der Waals surface area contributed by atoms with Crippen molar-refractivity contribution in [3.8, 4) is 11.5 Å². The molecule has 0 bridgehead atoms. The molecule has 0 saturated carbocycles. The molecule has 7 nitrogen and oxygen atoms in total. The maximum absolute atomic E-state index is 11.2. The summed E-state index contributed by atoms with van der Waals surface area (Å²) in [6.45, 7) is 2.92. The third-order valence-corrected chi connectivity index (χ3v) is 2.37. The average molecular weight is 261 g/mol. The van der Waals surface area contributed by atoms with Gasteiger partial charge in [-0.25, -0.2) is 4.79 Å². The highest BCUT2D eigenvalue weighted by Crippen LogP contribution is 2.15. The van der Waals surface area contributed by atoms with Crippen molar-refractivity contribution in [3.63, 3.8) is 0 Å². The van der Waals surface area contributed by atoms with E-state index in [1.165, 1.54) is 0 Å². The Morgan fingerprint density at radius 1 is 1.32 bits per heavy atom. The monoisotopic (exact) mass is 261 g/mol. The predicted octanol–water partition coefficient (Wildman–Crippen LogP) is 0.993. The van der Waals surface area contributed by atoms with Gasteiger partial charge in [0.15, 0.2) is 5.82 Å². The largest absolute Gasteiger partial charge is 0.338 e. The molecule has 0 aromatic carbocycles. The summed E-state index contributed by atoms with van der Waals surface area (Å²) in [5.41, 5.74) is 0.824. The number of urea groups is 1. The maximum Gasteiger partial charge on any atom is 0.314 e. The fourth-order valence-corrected chi connectivity index (χ4v) is 1.48. The van der Waals surface area contributed by atoms with Crippen molar-refractivity contribution in [2.24, 2.45) is 0 Å². The Labute approximate surface area is 110 Å². The van der Waals surface area contributed by atoms with Gasteiger partial charge in [-0.05, 0) is 19.1 Å². The Morgan fingerprint density at radius 3 is 2.84 bits per heavy atom. The Morgan fingerprint density at radius 2 is 2.11 bits per heavy atom. The highest BCUT2D eigenvalue weighted by atomic mass is 16.5. The van der Waals surface area contributed by atoms with Gasteiger partial charge >= 0.3 is 6.03 Å². The molecule has 2 aromatic heterocycles. The SMILES string of the molecule is CCNC(=O)NCCc1noc(-c2ccncc2)n1. The number of nitrogens with zero attached hydrogens (tertiary/aromatic N) is 3. The second-order valence-corrected chi connectivity index (χ2v) is 3.79. The molecule has 0 aliphatic heterocycles. The van der Waals surface area contributed by atoms with Crippen LogP contribution in [0, 0.1) is 0 Å². The minimum Gasteiger partial charge on any atom is -0.338 e. The van der Waals surface area contributed by atoms with Crippen LogP contribution in [0.1, 0.15) is 12.7 Å². The molecule has 2 N–H and O–H groups in total. The quantitative estimate of drug-likeness (QED) is 0.837. The summed E-state index contributed by atoms with van der Waals surface area (Å²) in [5.74, 6) is 1.01. The summed E-state index contributed by atoms with van der Waals surface area (Å²) in [6, 6.07) is 3.40. The van der Waals surface area contributed by atoms with Crippen LogP contribution in [-0.4, -0.2) is 34.2 Å². The van der Waals surface area contributed by atoms with E-state index in [0.717, 1.165) is 5.56 Å². The number of carbonyl (C=O) groups excluding carboxylic acids is 1. The molecule has 0 spiro atoms. The fraction of sp³-hybridized carbons (Fsp3) is 0.333. The van der Waals surface area contributed by atoms with Crippen molar-refractivity contribution in [2.75, 3.05) is 13.1 Å². The van der Waals surface area contributed by atoms with E-state index in [2.05, 4.69) is 25.8 Å². The smallest absolute Gasteiger partial charge is 0.314 e. The van der Waals surface area contributed by atoms with Crippen molar-refractivity contribution in [1.82, 2.24) is 25.8 Å². The molecular weight excluding hydrogens is 246 g/mol. The molecule has 0 aliphatic carbocycles. The third-order valence-electron chi connectivity index (χ3n) is 2.37. The van der Waals surface area contributed by atoms with E-state index >= 15 is 0 Å². The molecule has 0 atom stereocenters. The number of aromatic nitrogens is 3. The molecule has 7 heteroatoms. The van der Waals surface area contributed by atoms with E-state index < -0.39 is 0 Å². The van der Waals surface area contributed by atoms with Gasteiger partial charge in [0.2, 0.25) is 0 Å². The first kappa shape index (κ1) is 13.0. The molecule has 0 radical (unpaired) electrons. The summed E-state index contributed by atoms with van der Waals surface area (Å²) in [6.07, 6.45) is 3.84. The van der Waals surface area contributed by atoms with Crippen LogP contribution in [0.5, 0.6) is 0 Å². The normalized spacial score (nSPS) is 10.2. The molecule has 0 unspecified atom stereocenters. The first-order valence-corrected chi connectivity index (χ1v) is 6.04. The van der Waals surface area contributed by atoms with Gasteiger partial charge in [0.05, 0.1) is 0 Å². The zero-order chi connectivity index (χ0) is 13.5. The minimum absolute atomic E-state index is 0.194. The summed E-state index contributed by atoms with van der Waals surface area (Å²) in [5, 5.41) is 9.20. The number of hydrogen-bond acceptors (Lipinski definition) is 5. The van der Waals surface area contributed by atoms with Crippen LogP contribution in [0.25, 0.3) is 11.5 Å². The molecule has 2 aromatic rings. The van der Waals surface area contributed by atoms with E-state index in [1.807, 2.05) is 6.92 Å². The van der Waals surface area contributed by atoms with Crippen LogP contribution in [0.4, 0.5) is 4.79 Å². The van der Waals surface area contributed by atoms with E-state index in [9.17, 15) is 4.79 Å². The summed E-state index contributed by atoms with van der Waals surface area (Å²) in [7, 11) is 0. The second kappa shape index (κ2) is 6.48. The lowest BCUT2D eigenvalue weighted by Crippen LogP contribution is -2.36. The average Bonchev–Trinajstić information content (AvgIpc) is 2.89.